The number of amides is 1. The van der Waals surface area contributed by atoms with Gasteiger partial charge in [0, 0.05) is 13.0 Å². The number of methoxy groups -OCH3 is 1. The van der Waals surface area contributed by atoms with Crippen LogP contribution in [0, 0.1) is 5.92 Å². The highest BCUT2D eigenvalue weighted by Crippen LogP contribution is 2.28. The highest BCUT2D eigenvalue weighted by Gasteiger charge is 2.44. The summed E-state index contributed by atoms with van der Waals surface area (Å²) in [7, 11) is 2.69. The maximum atomic E-state index is 11.4. The van der Waals surface area contributed by atoms with Crippen molar-refractivity contribution < 1.29 is 34.3 Å². The van der Waals surface area contributed by atoms with Gasteiger partial charge in [0.1, 0.15) is 6.10 Å². The van der Waals surface area contributed by atoms with Crippen molar-refractivity contribution in [3.05, 3.63) is 0 Å². The maximum Gasteiger partial charge on any atom is 0.439 e. The van der Waals surface area contributed by atoms with E-state index in [9.17, 15) is 15.0 Å². The average molecular weight is 293 g/mol. The van der Waals surface area contributed by atoms with Crippen LogP contribution in [0.2, 0.25) is 0 Å². The second kappa shape index (κ2) is 8.38. The molecule has 1 fully saturated rings. The quantitative estimate of drug-likeness (QED) is 0.445. The van der Waals surface area contributed by atoms with E-state index >= 15 is 0 Å². The van der Waals surface area contributed by atoms with Crippen molar-refractivity contribution in [1.29, 1.82) is 0 Å². The summed E-state index contributed by atoms with van der Waals surface area (Å²) in [5.41, 5.74) is 0. The second-order valence-corrected chi connectivity index (χ2v) is 4.62. The van der Waals surface area contributed by atoms with Crippen molar-refractivity contribution in [3.8, 4) is 0 Å². The Labute approximate surface area is 117 Å². The summed E-state index contributed by atoms with van der Waals surface area (Å²) in [6.45, 7) is 1.84. The van der Waals surface area contributed by atoms with E-state index in [0.29, 0.717) is 6.42 Å². The minimum Gasteiger partial charge on any atom is -0.394 e. The van der Waals surface area contributed by atoms with Crippen LogP contribution < -0.4 is 5.32 Å². The molecule has 3 N–H and O–H groups in total. The SMILES string of the molecule is CC[C@H]1C(O)C(NC(=O)OOC)[C@H](COC)O[C@H]1CO. The summed E-state index contributed by atoms with van der Waals surface area (Å²) >= 11 is 0. The zero-order chi connectivity index (χ0) is 15.1. The summed E-state index contributed by atoms with van der Waals surface area (Å²) in [4.78, 5) is 20.0. The molecule has 8 nitrogen and oxygen atoms in total. The molecule has 0 radical (unpaired) electrons. The first-order valence-electron chi connectivity index (χ1n) is 6.53. The molecule has 1 aliphatic rings. The van der Waals surface area contributed by atoms with Crippen LogP contribution in [0.1, 0.15) is 13.3 Å². The third kappa shape index (κ3) is 4.03. The number of hydrogen-bond acceptors (Lipinski definition) is 7. The minimum atomic E-state index is -0.879. The van der Waals surface area contributed by atoms with Gasteiger partial charge in [-0.25, -0.2) is 4.79 Å². The molecule has 8 heteroatoms. The summed E-state index contributed by atoms with van der Waals surface area (Å²) in [5, 5.41) is 22.2. The van der Waals surface area contributed by atoms with E-state index in [1.807, 2.05) is 6.92 Å². The van der Waals surface area contributed by atoms with Crippen LogP contribution in [0.3, 0.4) is 0 Å². The number of carbonyl (C=O) groups is 1. The molecule has 2 unspecified atom stereocenters. The Hall–Kier alpha value is -0.930. The molecule has 0 aliphatic carbocycles. The van der Waals surface area contributed by atoms with E-state index < -0.39 is 30.4 Å². The van der Waals surface area contributed by atoms with Crippen LogP contribution >= 0.6 is 0 Å². The fourth-order valence-corrected chi connectivity index (χ4v) is 2.52. The van der Waals surface area contributed by atoms with Crippen molar-refractivity contribution >= 4 is 6.09 Å². The van der Waals surface area contributed by atoms with E-state index in [4.69, 9.17) is 9.47 Å². The number of hydrogen-bond donors (Lipinski definition) is 3. The zero-order valence-corrected chi connectivity index (χ0v) is 11.9. The third-order valence-electron chi connectivity index (χ3n) is 3.46. The van der Waals surface area contributed by atoms with Crippen molar-refractivity contribution in [1.82, 2.24) is 5.32 Å². The molecule has 1 saturated heterocycles. The van der Waals surface area contributed by atoms with Crippen molar-refractivity contribution in [2.45, 2.75) is 37.7 Å². The minimum absolute atomic E-state index is 0.169. The first kappa shape index (κ1) is 17.1. The molecule has 20 heavy (non-hydrogen) atoms. The molecule has 1 rings (SSSR count). The molecule has 5 atom stereocenters. The Bertz CT molecular complexity index is 300. The highest BCUT2D eigenvalue weighted by atomic mass is 17.2. The molecule has 1 amide bonds. The number of ether oxygens (including phenoxy) is 2. The lowest BCUT2D eigenvalue weighted by Gasteiger charge is -2.44. The van der Waals surface area contributed by atoms with Gasteiger partial charge >= 0.3 is 6.09 Å². The summed E-state index contributed by atoms with van der Waals surface area (Å²) in [6, 6.07) is -0.703. The van der Waals surface area contributed by atoms with Gasteiger partial charge in [0.15, 0.2) is 0 Å². The number of carbonyl (C=O) groups excluding carboxylic acids is 1. The average Bonchev–Trinajstić information content (AvgIpc) is 2.42. The van der Waals surface area contributed by atoms with Crippen LogP contribution in [0.15, 0.2) is 0 Å². The zero-order valence-electron chi connectivity index (χ0n) is 11.9. The lowest BCUT2D eigenvalue weighted by Crippen LogP contribution is -2.62. The van der Waals surface area contributed by atoms with Gasteiger partial charge in [-0.3, -0.25) is 4.89 Å². The summed E-state index contributed by atoms with van der Waals surface area (Å²) in [6.07, 6.45) is -2.18. The number of rotatable bonds is 6. The van der Waals surface area contributed by atoms with Gasteiger partial charge in [-0.15, -0.1) is 0 Å². The Morgan fingerprint density at radius 3 is 2.55 bits per heavy atom. The van der Waals surface area contributed by atoms with Gasteiger partial charge in [0.2, 0.25) is 0 Å². The summed E-state index contributed by atoms with van der Waals surface area (Å²) < 4.78 is 10.7. The standard InChI is InChI=1S/C12H23NO7/c1-4-7-8(5-14)19-9(6-17-2)10(11(7)15)13-12(16)20-18-3/h7-11,14-15H,4-6H2,1-3H3,(H,13,16)/t7-,8+,9+,10?,11?/m1/s1. The van der Waals surface area contributed by atoms with Crippen LogP contribution in [-0.2, 0) is 19.2 Å². The smallest absolute Gasteiger partial charge is 0.394 e. The maximum absolute atomic E-state index is 11.4. The predicted octanol–water partition coefficient (Wildman–Crippen LogP) is -0.564. The Morgan fingerprint density at radius 1 is 1.35 bits per heavy atom. The van der Waals surface area contributed by atoms with Gasteiger partial charge in [-0.05, 0) is 6.42 Å². The fourth-order valence-electron chi connectivity index (χ4n) is 2.52. The molecular weight excluding hydrogens is 270 g/mol. The van der Waals surface area contributed by atoms with Crippen LogP contribution in [-0.4, -0.2) is 68.1 Å². The molecule has 0 aromatic heterocycles. The Kier molecular flexibility index (Phi) is 7.17. The predicted molar refractivity (Wildman–Crippen MR) is 67.8 cm³/mol. The van der Waals surface area contributed by atoms with Crippen molar-refractivity contribution in [2.24, 2.45) is 5.92 Å². The van der Waals surface area contributed by atoms with E-state index in [0.717, 1.165) is 0 Å². The van der Waals surface area contributed by atoms with E-state index in [-0.39, 0.29) is 19.1 Å². The van der Waals surface area contributed by atoms with Gasteiger partial charge in [0.25, 0.3) is 0 Å². The largest absolute Gasteiger partial charge is 0.439 e. The molecule has 0 saturated carbocycles. The molecule has 118 valence electrons. The monoisotopic (exact) mass is 293 g/mol. The Balaban J connectivity index is 2.81. The topological polar surface area (TPSA) is 106 Å². The fraction of sp³-hybridized carbons (Fsp3) is 0.917. The van der Waals surface area contributed by atoms with E-state index in [2.05, 4.69) is 15.1 Å². The highest BCUT2D eigenvalue weighted by molar-refractivity contribution is 5.67. The number of aliphatic hydroxyl groups is 2. The first-order valence-corrected chi connectivity index (χ1v) is 6.53. The molecule has 1 heterocycles. The molecular formula is C12H23NO7. The molecule has 0 aromatic carbocycles. The first-order chi connectivity index (χ1) is 9.58. The van der Waals surface area contributed by atoms with E-state index in [1.165, 1.54) is 14.2 Å². The Morgan fingerprint density at radius 2 is 2.05 bits per heavy atom. The summed E-state index contributed by atoms with van der Waals surface area (Å²) in [5.74, 6) is -0.291. The normalized spacial score (nSPS) is 33.8. The van der Waals surface area contributed by atoms with E-state index in [1.54, 1.807) is 0 Å². The van der Waals surface area contributed by atoms with Gasteiger partial charge in [0.05, 0.1) is 38.6 Å². The number of aliphatic hydroxyl groups excluding tert-OH is 2. The van der Waals surface area contributed by atoms with Gasteiger partial charge in [-0.2, -0.15) is 4.89 Å². The molecule has 0 spiro atoms. The van der Waals surface area contributed by atoms with Gasteiger partial charge in [-0.1, -0.05) is 6.92 Å². The molecule has 1 aliphatic heterocycles. The van der Waals surface area contributed by atoms with Crippen LogP contribution in [0.25, 0.3) is 0 Å². The van der Waals surface area contributed by atoms with Crippen molar-refractivity contribution in [2.75, 3.05) is 27.4 Å². The van der Waals surface area contributed by atoms with Crippen molar-refractivity contribution in [3.63, 3.8) is 0 Å². The lowest BCUT2D eigenvalue weighted by atomic mass is 9.83. The number of nitrogens with one attached hydrogen (secondary N) is 1. The molecule has 0 bridgehead atoms. The second-order valence-electron chi connectivity index (χ2n) is 4.62. The van der Waals surface area contributed by atoms with Crippen LogP contribution in [0.4, 0.5) is 4.79 Å². The lowest BCUT2D eigenvalue weighted by molar-refractivity contribution is -0.219. The molecule has 0 aromatic rings. The van der Waals surface area contributed by atoms with Gasteiger partial charge < -0.3 is 25.0 Å². The third-order valence-corrected chi connectivity index (χ3v) is 3.46. The van der Waals surface area contributed by atoms with Crippen LogP contribution in [0.5, 0.6) is 0 Å².